The van der Waals surface area contributed by atoms with E-state index in [-0.39, 0.29) is 15.7 Å². The third-order valence-corrected chi connectivity index (χ3v) is 7.56. The first-order chi connectivity index (χ1) is 11.5. The second-order valence-corrected chi connectivity index (χ2v) is 9.57. The average Bonchev–Trinajstić information content (AvgIpc) is 3.20. The van der Waals surface area contributed by atoms with Gasteiger partial charge in [0.15, 0.2) is 9.84 Å². The van der Waals surface area contributed by atoms with Crippen molar-refractivity contribution in [3.8, 4) is 0 Å². The Labute approximate surface area is 154 Å². The number of thioether (sulfide) groups is 1. The highest BCUT2D eigenvalue weighted by atomic mass is 35.5. The van der Waals surface area contributed by atoms with Gasteiger partial charge >= 0.3 is 0 Å². The minimum atomic E-state index is -3.51. The maximum absolute atomic E-state index is 12.5. The van der Waals surface area contributed by atoms with Crippen LogP contribution in [0.2, 0.25) is 10.0 Å². The summed E-state index contributed by atoms with van der Waals surface area (Å²) < 4.78 is 26.7. The Hall–Kier alpha value is -0.830. The van der Waals surface area contributed by atoms with Crippen molar-refractivity contribution < 1.29 is 8.42 Å². The molecule has 1 saturated carbocycles. The van der Waals surface area contributed by atoms with Crippen LogP contribution >= 0.6 is 35.0 Å². The van der Waals surface area contributed by atoms with E-state index in [1.807, 2.05) is 4.68 Å². The van der Waals surface area contributed by atoms with Gasteiger partial charge in [-0.2, -0.15) is 0 Å². The van der Waals surface area contributed by atoms with Crippen molar-refractivity contribution in [3.63, 3.8) is 0 Å². The lowest BCUT2D eigenvalue weighted by Gasteiger charge is -2.11. The summed E-state index contributed by atoms with van der Waals surface area (Å²) >= 11 is 13.2. The third kappa shape index (κ3) is 4.04. The van der Waals surface area contributed by atoms with Gasteiger partial charge in [0.25, 0.3) is 0 Å². The van der Waals surface area contributed by atoms with Gasteiger partial charge in [-0.05, 0) is 41.5 Å². The van der Waals surface area contributed by atoms with Gasteiger partial charge in [0, 0.05) is 10.8 Å². The minimum Gasteiger partial charge on any atom is -0.224 e. The summed E-state index contributed by atoms with van der Waals surface area (Å²) in [6.45, 7) is 0. The average molecular weight is 407 g/mol. The van der Waals surface area contributed by atoms with Crippen LogP contribution in [0.3, 0.4) is 0 Å². The van der Waals surface area contributed by atoms with Crippen LogP contribution < -0.4 is 0 Å². The Balaban J connectivity index is 1.66. The summed E-state index contributed by atoms with van der Waals surface area (Å²) in [5.41, 5.74) is 0. The van der Waals surface area contributed by atoms with Crippen molar-refractivity contribution in [2.75, 3.05) is 11.5 Å². The van der Waals surface area contributed by atoms with Gasteiger partial charge in [-0.15, -0.1) is 5.10 Å². The molecule has 0 spiro atoms. The first-order valence-electron chi connectivity index (χ1n) is 7.56. The van der Waals surface area contributed by atoms with Crippen molar-refractivity contribution in [2.24, 2.45) is 0 Å². The molecule has 0 bridgehead atoms. The predicted molar refractivity (Wildman–Crippen MR) is 94.6 cm³/mol. The van der Waals surface area contributed by atoms with Crippen LogP contribution in [0, 0.1) is 0 Å². The molecule has 0 aliphatic heterocycles. The van der Waals surface area contributed by atoms with E-state index in [1.54, 1.807) is 6.07 Å². The van der Waals surface area contributed by atoms with Crippen molar-refractivity contribution >= 4 is 44.8 Å². The molecule has 6 nitrogen and oxygen atoms in total. The Morgan fingerprint density at radius 1 is 1.25 bits per heavy atom. The zero-order chi connectivity index (χ0) is 17.2. The highest BCUT2D eigenvalue weighted by Gasteiger charge is 2.23. The first kappa shape index (κ1) is 18.0. The van der Waals surface area contributed by atoms with Crippen LogP contribution in [0.5, 0.6) is 0 Å². The molecule has 3 rings (SSSR count). The van der Waals surface area contributed by atoms with Crippen LogP contribution in [-0.2, 0) is 9.84 Å². The number of hydrogen-bond acceptors (Lipinski definition) is 6. The lowest BCUT2D eigenvalue weighted by Crippen LogP contribution is -2.12. The lowest BCUT2D eigenvalue weighted by atomic mass is 10.3. The topological polar surface area (TPSA) is 77.7 Å². The fourth-order valence-electron chi connectivity index (χ4n) is 2.73. The van der Waals surface area contributed by atoms with Crippen LogP contribution in [0.15, 0.2) is 28.3 Å². The molecule has 1 aromatic heterocycles. The van der Waals surface area contributed by atoms with E-state index in [2.05, 4.69) is 15.5 Å². The van der Waals surface area contributed by atoms with Crippen molar-refractivity contribution in [2.45, 2.75) is 41.8 Å². The van der Waals surface area contributed by atoms with Crippen LogP contribution in [0.1, 0.15) is 31.7 Å². The summed E-state index contributed by atoms with van der Waals surface area (Å²) in [7, 11) is -3.51. The van der Waals surface area contributed by atoms with Crippen LogP contribution in [0.25, 0.3) is 0 Å². The molecule has 1 aromatic carbocycles. The smallest absolute Gasteiger partial charge is 0.209 e. The maximum atomic E-state index is 12.5. The van der Waals surface area contributed by atoms with Gasteiger partial charge in [0.2, 0.25) is 5.16 Å². The molecule has 0 N–H and O–H groups in total. The van der Waals surface area contributed by atoms with Gasteiger partial charge in [0.05, 0.1) is 21.7 Å². The summed E-state index contributed by atoms with van der Waals surface area (Å²) in [6, 6.07) is 4.76. The van der Waals surface area contributed by atoms with E-state index < -0.39 is 9.84 Å². The number of aromatic nitrogens is 4. The molecule has 1 fully saturated rings. The van der Waals surface area contributed by atoms with Crippen LogP contribution in [0.4, 0.5) is 0 Å². The molecule has 2 aromatic rings. The number of tetrazole rings is 1. The zero-order valence-corrected chi connectivity index (χ0v) is 15.9. The molecule has 0 amide bonds. The molecule has 1 aliphatic rings. The van der Waals surface area contributed by atoms with E-state index in [4.69, 9.17) is 23.2 Å². The minimum absolute atomic E-state index is 0.0603. The largest absolute Gasteiger partial charge is 0.224 e. The van der Waals surface area contributed by atoms with E-state index in [0.717, 1.165) is 12.8 Å². The fourth-order valence-corrected chi connectivity index (χ4v) is 6.13. The Kier molecular flexibility index (Phi) is 5.69. The standard InChI is InChI=1S/C14H16Cl2N4O2S2/c15-10-5-6-12(16)13(9-10)24(21,22)8-7-23-14-17-18-19-20(14)11-3-1-2-4-11/h5-6,9,11H,1-4,7-8H2. The molecule has 0 radical (unpaired) electrons. The fraction of sp³-hybridized carbons (Fsp3) is 0.500. The molecule has 10 heteroatoms. The SMILES string of the molecule is O=S(=O)(CCSc1nnnn1C1CCCC1)c1cc(Cl)ccc1Cl. The molecule has 1 aliphatic carbocycles. The second kappa shape index (κ2) is 7.59. The van der Waals surface area contributed by atoms with Crippen molar-refractivity contribution in [3.05, 3.63) is 28.2 Å². The Bertz CT molecular complexity index is 820. The molecule has 0 unspecified atom stereocenters. The molecule has 0 saturated heterocycles. The zero-order valence-electron chi connectivity index (χ0n) is 12.7. The number of rotatable bonds is 6. The van der Waals surface area contributed by atoms with Gasteiger partial charge in [-0.3, -0.25) is 0 Å². The Morgan fingerprint density at radius 3 is 2.75 bits per heavy atom. The lowest BCUT2D eigenvalue weighted by molar-refractivity contribution is 0.423. The Morgan fingerprint density at radius 2 is 2.00 bits per heavy atom. The first-order valence-corrected chi connectivity index (χ1v) is 11.0. The predicted octanol–water partition coefficient (Wildman–Crippen LogP) is 3.66. The molecule has 24 heavy (non-hydrogen) atoms. The number of benzene rings is 1. The highest BCUT2D eigenvalue weighted by Crippen LogP contribution is 2.32. The molecule has 130 valence electrons. The van der Waals surface area contributed by atoms with E-state index in [0.29, 0.717) is 22.0 Å². The molecular weight excluding hydrogens is 391 g/mol. The summed E-state index contributed by atoms with van der Waals surface area (Å²) in [4.78, 5) is 0.0626. The number of hydrogen-bond donors (Lipinski definition) is 0. The number of nitrogens with zero attached hydrogens (tertiary/aromatic N) is 4. The molecule has 1 heterocycles. The number of sulfone groups is 1. The van der Waals surface area contributed by atoms with Gasteiger partial charge in [-0.25, -0.2) is 13.1 Å². The van der Waals surface area contributed by atoms with E-state index in [1.165, 1.54) is 36.7 Å². The van der Waals surface area contributed by atoms with Gasteiger partial charge in [0.1, 0.15) is 0 Å². The van der Waals surface area contributed by atoms with Gasteiger partial charge < -0.3 is 0 Å². The van der Waals surface area contributed by atoms with E-state index >= 15 is 0 Å². The van der Waals surface area contributed by atoms with E-state index in [9.17, 15) is 8.42 Å². The van der Waals surface area contributed by atoms with Crippen LogP contribution in [-0.4, -0.2) is 40.1 Å². The summed E-state index contributed by atoms with van der Waals surface area (Å²) in [6.07, 6.45) is 4.48. The number of halogens is 2. The summed E-state index contributed by atoms with van der Waals surface area (Å²) in [5, 5.41) is 13.0. The maximum Gasteiger partial charge on any atom is 0.209 e. The van der Waals surface area contributed by atoms with Crippen molar-refractivity contribution in [1.29, 1.82) is 0 Å². The molecule has 0 atom stereocenters. The monoisotopic (exact) mass is 406 g/mol. The quantitative estimate of drug-likeness (QED) is 0.680. The highest BCUT2D eigenvalue weighted by molar-refractivity contribution is 8.00. The second-order valence-electron chi connectivity index (χ2n) is 5.59. The molecular formula is C14H16Cl2N4O2S2. The van der Waals surface area contributed by atoms with Gasteiger partial charge in [-0.1, -0.05) is 47.8 Å². The summed E-state index contributed by atoms with van der Waals surface area (Å²) in [5.74, 6) is 0.285. The van der Waals surface area contributed by atoms with Crippen molar-refractivity contribution in [1.82, 2.24) is 20.2 Å². The normalized spacial score (nSPS) is 15.9. The third-order valence-electron chi connectivity index (χ3n) is 3.94.